The SMILES string of the molecule is CC/C=C\C/C=C\C/C=C\C/C=C\CCCCC(=O)OC(CCCCC)CCCCCCCCCCCCCCCCCC(=O)O. The lowest BCUT2D eigenvalue weighted by Gasteiger charge is -2.18. The van der Waals surface area contributed by atoms with Gasteiger partial charge in [0.2, 0.25) is 0 Å². The van der Waals surface area contributed by atoms with E-state index in [0.29, 0.717) is 12.8 Å². The summed E-state index contributed by atoms with van der Waals surface area (Å²) in [4.78, 5) is 23.1. The van der Waals surface area contributed by atoms with Crippen LogP contribution in [0.2, 0.25) is 0 Å². The predicted molar refractivity (Wildman–Crippen MR) is 199 cm³/mol. The highest BCUT2D eigenvalue weighted by Crippen LogP contribution is 2.18. The van der Waals surface area contributed by atoms with Crippen LogP contribution >= 0.6 is 0 Å². The molecule has 4 nitrogen and oxygen atoms in total. The molecule has 0 saturated carbocycles. The van der Waals surface area contributed by atoms with E-state index in [0.717, 1.165) is 77.0 Å². The number of carbonyl (C=O) groups is 2. The highest BCUT2D eigenvalue weighted by molar-refractivity contribution is 5.69. The van der Waals surface area contributed by atoms with Gasteiger partial charge in [0.15, 0.2) is 0 Å². The zero-order valence-corrected chi connectivity index (χ0v) is 30.4. The minimum absolute atomic E-state index is 0.00221. The molecular formula is C42H74O4. The van der Waals surface area contributed by atoms with E-state index in [1.165, 1.54) is 96.3 Å². The quantitative estimate of drug-likeness (QED) is 0.0424. The molecule has 0 saturated heterocycles. The van der Waals surface area contributed by atoms with Crippen molar-refractivity contribution >= 4 is 11.9 Å². The van der Waals surface area contributed by atoms with Gasteiger partial charge in [-0.15, -0.1) is 0 Å². The molecule has 0 amide bonds. The van der Waals surface area contributed by atoms with Crippen molar-refractivity contribution < 1.29 is 19.4 Å². The van der Waals surface area contributed by atoms with Gasteiger partial charge < -0.3 is 9.84 Å². The summed E-state index contributed by atoms with van der Waals surface area (Å²) in [5.74, 6) is -0.664. The maximum Gasteiger partial charge on any atom is 0.306 e. The number of hydrogen-bond acceptors (Lipinski definition) is 3. The standard InChI is InChI=1S/C42H74O4/c1-3-5-7-8-9-10-11-12-14-19-22-25-28-31-35-39-42(45)46-40(36-32-6-4-2)37-33-29-26-23-20-17-15-13-16-18-21-24-27-30-34-38-41(43)44/h5,7,9-10,12,14,22,25,40H,3-4,6,8,11,13,15-21,23-24,26-39H2,1-2H3,(H,43,44)/b7-5-,10-9-,14-12-,25-22-. The van der Waals surface area contributed by atoms with E-state index >= 15 is 0 Å². The first kappa shape index (κ1) is 43.9. The zero-order chi connectivity index (χ0) is 33.6. The van der Waals surface area contributed by atoms with Crippen LogP contribution in [-0.2, 0) is 14.3 Å². The molecule has 0 aliphatic heterocycles. The molecule has 0 aromatic heterocycles. The van der Waals surface area contributed by atoms with Crippen LogP contribution in [0, 0.1) is 0 Å². The van der Waals surface area contributed by atoms with Crippen LogP contribution in [0.15, 0.2) is 48.6 Å². The molecule has 46 heavy (non-hydrogen) atoms. The van der Waals surface area contributed by atoms with Gasteiger partial charge in [-0.25, -0.2) is 0 Å². The second-order valence-electron chi connectivity index (χ2n) is 13.1. The number of unbranched alkanes of at least 4 members (excludes halogenated alkanes) is 18. The minimum Gasteiger partial charge on any atom is -0.481 e. The van der Waals surface area contributed by atoms with Gasteiger partial charge in [0.1, 0.15) is 6.10 Å². The molecule has 0 aromatic carbocycles. The highest BCUT2D eigenvalue weighted by Gasteiger charge is 2.14. The Bertz CT molecular complexity index is 779. The van der Waals surface area contributed by atoms with E-state index in [9.17, 15) is 9.59 Å². The second-order valence-corrected chi connectivity index (χ2v) is 13.1. The third-order valence-electron chi connectivity index (χ3n) is 8.57. The summed E-state index contributed by atoms with van der Waals surface area (Å²) in [6, 6.07) is 0. The summed E-state index contributed by atoms with van der Waals surface area (Å²) in [5.41, 5.74) is 0. The molecule has 1 N–H and O–H groups in total. The molecule has 0 bridgehead atoms. The number of allylic oxidation sites excluding steroid dienone is 8. The van der Waals surface area contributed by atoms with Crippen molar-refractivity contribution in [3.05, 3.63) is 48.6 Å². The molecule has 1 unspecified atom stereocenters. The van der Waals surface area contributed by atoms with Crippen molar-refractivity contribution in [2.45, 2.75) is 206 Å². The Kier molecular flexibility index (Phi) is 35.7. The van der Waals surface area contributed by atoms with Crippen LogP contribution in [-0.4, -0.2) is 23.1 Å². The topological polar surface area (TPSA) is 63.6 Å². The van der Waals surface area contributed by atoms with E-state index in [1.54, 1.807) is 0 Å². The van der Waals surface area contributed by atoms with Crippen LogP contribution in [0.4, 0.5) is 0 Å². The summed E-state index contributed by atoms with van der Waals surface area (Å²) in [6.07, 6.45) is 50.3. The van der Waals surface area contributed by atoms with Crippen LogP contribution in [0.1, 0.15) is 200 Å². The third-order valence-corrected chi connectivity index (χ3v) is 8.57. The van der Waals surface area contributed by atoms with Crippen molar-refractivity contribution in [2.24, 2.45) is 0 Å². The van der Waals surface area contributed by atoms with Gasteiger partial charge in [0.25, 0.3) is 0 Å². The van der Waals surface area contributed by atoms with E-state index < -0.39 is 5.97 Å². The van der Waals surface area contributed by atoms with Crippen molar-refractivity contribution in [1.82, 2.24) is 0 Å². The fraction of sp³-hybridized carbons (Fsp3) is 0.762. The monoisotopic (exact) mass is 643 g/mol. The summed E-state index contributed by atoms with van der Waals surface area (Å²) in [7, 11) is 0. The number of carbonyl (C=O) groups excluding carboxylic acids is 1. The van der Waals surface area contributed by atoms with Crippen LogP contribution < -0.4 is 0 Å². The van der Waals surface area contributed by atoms with Gasteiger partial charge in [-0.05, 0) is 77.0 Å². The lowest BCUT2D eigenvalue weighted by atomic mass is 10.0. The number of ether oxygens (including phenoxy) is 1. The fourth-order valence-electron chi connectivity index (χ4n) is 5.70. The van der Waals surface area contributed by atoms with E-state index in [2.05, 4.69) is 62.5 Å². The first-order valence-electron chi connectivity index (χ1n) is 19.6. The lowest BCUT2D eigenvalue weighted by Crippen LogP contribution is -2.18. The molecular weight excluding hydrogens is 568 g/mol. The lowest BCUT2D eigenvalue weighted by molar-refractivity contribution is -0.150. The number of carboxylic acids is 1. The van der Waals surface area contributed by atoms with Crippen molar-refractivity contribution in [3.63, 3.8) is 0 Å². The molecule has 0 aliphatic rings. The molecule has 0 aliphatic carbocycles. The molecule has 0 rings (SSSR count). The predicted octanol–water partition coefficient (Wildman–Crippen LogP) is 13.6. The van der Waals surface area contributed by atoms with Gasteiger partial charge >= 0.3 is 11.9 Å². The number of aliphatic carboxylic acids is 1. The van der Waals surface area contributed by atoms with E-state index in [4.69, 9.17) is 9.84 Å². The van der Waals surface area contributed by atoms with Gasteiger partial charge in [-0.3, -0.25) is 9.59 Å². The molecule has 0 radical (unpaired) electrons. The van der Waals surface area contributed by atoms with Gasteiger partial charge in [-0.1, -0.05) is 159 Å². The van der Waals surface area contributed by atoms with Crippen LogP contribution in [0.25, 0.3) is 0 Å². The Balaban J connectivity index is 3.79. The summed E-state index contributed by atoms with van der Waals surface area (Å²) < 4.78 is 5.95. The minimum atomic E-state index is -0.667. The summed E-state index contributed by atoms with van der Waals surface area (Å²) >= 11 is 0. The van der Waals surface area contributed by atoms with Crippen molar-refractivity contribution in [3.8, 4) is 0 Å². The molecule has 266 valence electrons. The largest absolute Gasteiger partial charge is 0.481 e. The van der Waals surface area contributed by atoms with Crippen LogP contribution in [0.5, 0.6) is 0 Å². The maximum absolute atomic E-state index is 12.5. The number of carboxylic acid groups (broad SMARTS) is 1. The first-order chi connectivity index (χ1) is 22.6. The van der Waals surface area contributed by atoms with Gasteiger partial charge in [0, 0.05) is 12.8 Å². The fourth-order valence-corrected chi connectivity index (χ4v) is 5.70. The summed E-state index contributed by atoms with van der Waals surface area (Å²) in [5, 5.41) is 8.67. The highest BCUT2D eigenvalue weighted by atomic mass is 16.5. The second kappa shape index (κ2) is 37.4. The van der Waals surface area contributed by atoms with E-state index in [1.807, 2.05) is 0 Å². The first-order valence-corrected chi connectivity index (χ1v) is 19.6. The number of hydrogen-bond donors (Lipinski definition) is 1. The molecule has 1 atom stereocenters. The number of esters is 1. The number of rotatable bonds is 35. The van der Waals surface area contributed by atoms with Crippen LogP contribution in [0.3, 0.4) is 0 Å². The molecule has 0 spiro atoms. The van der Waals surface area contributed by atoms with Gasteiger partial charge in [-0.2, -0.15) is 0 Å². The Labute approximate surface area is 285 Å². The Hall–Kier alpha value is -2.10. The van der Waals surface area contributed by atoms with Gasteiger partial charge in [0.05, 0.1) is 0 Å². The zero-order valence-electron chi connectivity index (χ0n) is 30.4. The molecule has 0 heterocycles. The maximum atomic E-state index is 12.5. The van der Waals surface area contributed by atoms with Crippen molar-refractivity contribution in [2.75, 3.05) is 0 Å². The normalized spacial score (nSPS) is 12.7. The Morgan fingerprint density at radius 3 is 1.39 bits per heavy atom. The summed E-state index contributed by atoms with van der Waals surface area (Å²) in [6.45, 7) is 4.39. The molecule has 0 aromatic rings. The molecule has 4 heteroatoms. The Morgan fingerprint density at radius 1 is 0.500 bits per heavy atom. The van der Waals surface area contributed by atoms with E-state index in [-0.39, 0.29) is 12.1 Å². The third kappa shape index (κ3) is 36.4. The Morgan fingerprint density at radius 2 is 0.913 bits per heavy atom. The molecule has 0 fully saturated rings. The van der Waals surface area contributed by atoms with Crippen molar-refractivity contribution in [1.29, 1.82) is 0 Å². The average molecular weight is 643 g/mol. The smallest absolute Gasteiger partial charge is 0.306 e. The average Bonchev–Trinajstić information content (AvgIpc) is 3.04.